The predicted molar refractivity (Wildman–Crippen MR) is 117 cm³/mol. The van der Waals surface area contributed by atoms with E-state index in [0.717, 1.165) is 23.9 Å². The number of piperidine rings is 1. The highest BCUT2D eigenvalue weighted by Crippen LogP contribution is 2.29. The smallest absolute Gasteiger partial charge is 0.326 e. The molecule has 1 saturated heterocycles. The van der Waals surface area contributed by atoms with E-state index >= 15 is 0 Å². The van der Waals surface area contributed by atoms with Gasteiger partial charge in [0.25, 0.3) is 0 Å². The molecule has 1 aliphatic carbocycles. The molecule has 0 unspecified atom stereocenters. The van der Waals surface area contributed by atoms with E-state index in [9.17, 15) is 9.59 Å². The predicted octanol–water partition coefficient (Wildman–Crippen LogP) is 3.77. The van der Waals surface area contributed by atoms with Gasteiger partial charge in [-0.15, -0.1) is 11.8 Å². The molecule has 0 saturated carbocycles. The molecule has 2 aromatic carbocycles. The van der Waals surface area contributed by atoms with Gasteiger partial charge in [0.2, 0.25) is 5.91 Å². The number of aryl methyl sites for hydroxylation is 2. The molecule has 2 heterocycles. The van der Waals surface area contributed by atoms with Crippen molar-refractivity contribution in [3.63, 3.8) is 0 Å². The average Bonchev–Trinajstić information content (AvgIpc) is 3.35. The summed E-state index contributed by atoms with van der Waals surface area (Å²) in [5.74, 6) is 0.677. The van der Waals surface area contributed by atoms with Crippen LogP contribution in [0.4, 0.5) is 0 Å². The number of imidazole rings is 1. The molecular formula is C23H25N3O2S. The van der Waals surface area contributed by atoms with Crippen LogP contribution in [0.25, 0.3) is 11.0 Å². The van der Waals surface area contributed by atoms with E-state index in [1.165, 1.54) is 35.3 Å². The summed E-state index contributed by atoms with van der Waals surface area (Å²) in [7, 11) is 0. The molecule has 5 rings (SSSR count). The molecule has 2 aliphatic rings. The Balaban J connectivity index is 1.20. The van der Waals surface area contributed by atoms with E-state index in [2.05, 4.69) is 23.2 Å². The van der Waals surface area contributed by atoms with Crippen LogP contribution in [0.1, 0.15) is 36.4 Å². The molecule has 1 N–H and O–H groups in total. The van der Waals surface area contributed by atoms with Crippen LogP contribution in [0.15, 0.2) is 52.2 Å². The maximum atomic E-state index is 12.7. The fourth-order valence-electron chi connectivity index (χ4n) is 4.68. The number of likely N-dealkylation sites (tertiary alicyclic amines) is 1. The zero-order valence-electron chi connectivity index (χ0n) is 16.4. The number of nitrogens with one attached hydrogen (secondary N) is 1. The van der Waals surface area contributed by atoms with Crippen molar-refractivity contribution in [3.05, 3.63) is 64.1 Å². The third kappa shape index (κ3) is 3.62. The lowest BCUT2D eigenvalue weighted by atomic mass is 10.0. The van der Waals surface area contributed by atoms with Gasteiger partial charge in [-0.25, -0.2) is 4.79 Å². The highest BCUT2D eigenvalue weighted by atomic mass is 32.2. The molecule has 0 bridgehead atoms. The van der Waals surface area contributed by atoms with Gasteiger partial charge < -0.3 is 9.88 Å². The van der Waals surface area contributed by atoms with Crippen molar-refractivity contribution in [1.82, 2.24) is 14.5 Å². The van der Waals surface area contributed by atoms with E-state index in [0.29, 0.717) is 18.8 Å². The van der Waals surface area contributed by atoms with Crippen LogP contribution >= 0.6 is 11.8 Å². The van der Waals surface area contributed by atoms with Gasteiger partial charge in [-0.1, -0.05) is 18.2 Å². The number of aromatic amines is 1. The minimum atomic E-state index is -0.0526. The molecule has 150 valence electrons. The zero-order valence-corrected chi connectivity index (χ0v) is 17.2. The summed E-state index contributed by atoms with van der Waals surface area (Å²) in [6, 6.07) is 14.6. The van der Waals surface area contributed by atoms with E-state index in [1.807, 2.05) is 33.7 Å². The minimum Gasteiger partial charge on any atom is -0.342 e. The maximum Gasteiger partial charge on any atom is 0.326 e. The summed E-state index contributed by atoms with van der Waals surface area (Å²) in [6.07, 6.45) is 5.23. The van der Waals surface area contributed by atoms with Crippen LogP contribution in [0.3, 0.4) is 0 Å². The lowest BCUT2D eigenvalue weighted by molar-refractivity contribution is -0.129. The number of para-hydroxylation sites is 2. The molecular weight excluding hydrogens is 382 g/mol. The molecule has 0 spiro atoms. The summed E-state index contributed by atoms with van der Waals surface area (Å²) in [5.41, 5.74) is 4.70. The first-order chi connectivity index (χ1) is 14.2. The SMILES string of the molecule is O=C(CSc1ccc2c(c1)CCC2)N1CCC(n2c(=O)[nH]c3ccccc32)CC1. The van der Waals surface area contributed by atoms with Crippen molar-refractivity contribution in [3.8, 4) is 0 Å². The van der Waals surface area contributed by atoms with Crippen LogP contribution in [0, 0.1) is 0 Å². The third-order valence-electron chi connectivity index (χ3n) is 6.24. The number of aromatic nitrogens is 2. The number of hydrogen-bond acceptors (Lipinski definition) is 3. The Hall–Kier alpha value is -2.47. The minimum absolute atomic E-state index is 0.0526. The number of carbonyl (C=O) groups excluding carboxylic acids is 1. The average molecular weight is 408 g/mol. The number of thioether (sulfide) groups is 1. The van der Waals surface area contributed by atoms with Crippen molar-refractivity contribution >= 4 is 28.7 Å². The second-order valence-electron chi connectivity index (χ2n) is 8.00. The van der Waals surface area contributed by atoms with Crippen molar-refractivity contribution < 1.29 is 4.79 Å². The number of carbonyl (C=O) groups is 1. The van der Waals surface area contributed by atoms with Gasteiger partial charge >= 0.3 is 5.69 Å². The van der Waals surface area contributed by atoms with Gasteiger partial charge in [-0.05, 0) is 67.5 Å². The summed E-state index contributed by atoms with van der Waals surface area (Å²) >= 11 is 1.64. The summed E-state index contributed by atoms with van der Waals surface area (Å²) in [6.45, 7) is 1.42. The Bertz CT molecular complexity index is 1110. The van der Waals surface area contributed by atoms with E-state index in [4.69, 9.17) is 0 Å². The first-order valence-electron chi connectivity index (χ1n) is 10.4. The first-order valence-corrected chi connectivity index (χ1v) is 11.4. The van der Waals surface area contributed by atoms with Crippen LogP contribution in [-0.2, 0) is 17.6 Å². The Labute approximate surface area is 174 Å². The van der Waals surface area contributed by atoms with Crippen molar-refractivity contribution in [2.24, 2.45) is 0 Å². The highest BCUT2D eigenvalue weighted by molar-refractivity contribution is 8.00. The van der Waals surface area contributed by atoms with Crippen molar-refractivity contribution in [2.75, 3.05) is 18.8 Å². The zero-order chi connectivity index (χ0) is 19.8. The lowest BCUT2D eigenvalue weighted by Crippen LogP contribution is -2.41. The number of hydrogen-bond donors (Lipinski definition) is 1. The number of amides is 1. The van der Waals surface area contributed by atoms with Crippen molar-refractivity contribution in [1.29, 1.82) is 0 Å². The summed E-state index contributed by atoms with van der Waals surface area (Å²) < 4.78 is 1.87. The summed E-state index contributed by atoms with van der Waals surface area (Å²) in [5, 5.41) is 0. The van der Waals surface area contributed by atoms with Crippen LogP contribution in [0.5, 0.6) is 0 Å². The maximum absolute atomic E-state index is 12.7. The molecule has 1 amide bonds. The van der Waals surface area contributed by atoms with Gasteiger partial charge in [0.05, 0.1) is 16.8 Å². The number of rotatable bonds is 4. The Morgan fingerprint density at radius 3 is 2.72 bits per heavy atom. The van der Waals surface area contributed by atoms with Gasteiger partial charge in [0.1, 0.15) is 0 Å². The monoisotopic (exact) mass is 407 g/mol. The quantitative estimate of drug-likeness (QED) is 0.670. The first kappa shape index (κ1) is 18.6. The van der Waals surface area contributed by atoms with Crippen LogP contribution in [0.2, 0.25) is 0 Å². The molecule has 0 atom stereocenters. The number of fused-ring (bicyclic) bond motifs is 2. The van der Waals surface area contributed by atoms with E-state index in [-0.39, 0.29) is 17.6 Å². The van der Waals surface area contributed by atoms with Gasteiger partial charge in [0.15, 0.2) is 0 Å². The number of benzene rings is 2. The molecule has 0 radical (unpaired) electrons. The van der Waals surface area contributed by atoms with Gasteiger partial charge in [-0.3, -0.25) is 9.36 Å². The molecule has 3 aromatic rings. The molecule has 1 aliphatic heterocycles. The lowest BCUT2D eigenvalue weighted by Gasteiger charge is -2.32. The molecule has 6 heteroatoms. The van der Waals surface area contributed by atoms with Crippen LogP contribution < -0.4 is 5.69 Å². The molecule has 1 aromatic heterocycles. The second-order valence-corrected chi connectivity index (χ2v) is 9.05. The Morgan fingerprint density at radius 2 is 1.86 bits per heavy atom. The topological polar surface area (TPSA) is 58.1 Å². The summed E-state index contributed by atoms with van der Waals surface area (Å²) in [4.78, 5) is 31.2. The highest BCUT2D eigenvalue weighted by Gasteiger charge is 2.26. The molecule has 5 nitrogen and oxygen atoms in total. The molecule has 29 heavy (non-hydrogen) atoms. The second kappa shape index (κ2) is 7.75. The number of nitrogens with zero attached hydrogens (tertiary/aromatic N) is 2. The van der Waals surface area contributed by atoms with Crippen molar-refractivity contribution in [2.45, 2.75) is 43.0 Å². The number of H-pyrrole nitrogens is 1. The molecule has 1 fully saturated rings. The van der Waals surface area contributed by atoms with Gasteiger partial charge in [-0.2, -0.15) is 0 Å². The fraction of sp³-hybridized carbons (Fsp3) is 0.391. The largest absolute Gasteiger partial charge is 0.342 e. The Morgan fingerprint density at radius 1 is 1.07 bits per heavy atom. The normalized spacial score (nSPS) is 17.0. The van der Waals surface area contributed by atoms with Crippen LogP contribution in [-0.4, -0.2) is 39.2 Å². The van der Waals surface area contributed by atoms with E-state index in [1.54, 1.807) is 11.8 Å². The van der Waals surface area contributed by atoms with E-state index < -0.39 is 0 Å². The van der Waals surface area contributed by atoms with Gasteiger partial charge in [0, 0.05) is 24.0 Å². The Kier molecular flexibility index (Phi) is 4.96. The third-order valence-corrected chi connectivity index (χ3v) is 7.22. The standard InChI is InChI=1S/C23H25N3O2S/c27-22(15-29-19-9-8-16-4-3-5-17(16)14-19)25-12-10-18(11-13-25)26-21-7-2-1-6-20(21)24-23(26)28/h1-2,6-9,14,18H,3-5,10-13,15H2,(H,24,28). The fourth-order valence-corrected chi connectivity index (χ4v) is 5.55.